The summed E-state index contributed by atoms with van der Waals surface area (Å²) in [6.07, 6.45) is 4.18. The molecule has 0 saturated heterocycles. The maximum atomic E-state index is 13.4. The average molecular weight is 419 g/mol. The molecule has 1 atom stereocenters. The van der Waals surface area contributed by atoms with Gasteiger partial charge in [-0.3, -0.25) is 9.36 Å². The van der Waals surface area contributed by atoms with Crippen molar-refractivity contribution in [3.63, 3.8) is 0 Å². The van der Waals surface area contributed by atoms with Crippen molar-refractivity contribution < 1.29 is 8.78 Å². The van der Waals surface area contributed by atoms with Crippen molar-refractivity contribution in [3.8, 4) is 0 Å². The van der Waals surface area contributed by atoms with Crippen LogP contribution in [0.1, 0.15) is 22.4 Å². The van der Waals surface area contributed by atoms with Gasteiger partial charge in [0.05, 0.1) is 11.7 Å². The highest BCUT2D eigenvalue weighted by atomic mass is 32.1. The van der Waals surface area contributed by atoms with Crippen molar-refractivity contribution in [2.45, 2.75) is 38.4 Å². The molecule has 154 valence electrons. The summed E-state index contributed by atoms with van der Waals surface area (Å²) >= 11 is 1.59. The fourth-order valence-corrected chi connectivity index (χ4v) is 5.01. The Balaban J connectivity index is 1.50. The monoisotopic (exact) mass is 418 g/mol. The third-order valence-corrected chi connectivity index (χ3v) is 6.57. The Morgan fingerprint density at radius 3 is 2.90 bits per heavy atom. The second-order valence-electron chi connectivity index (χ2n) is 7.80. The molecule has 0 fully saturated rings. The molecular weight excluding hydrogens is 394 g/mol. The van der Waals surface area contributed by atoms with E-state index >= 15 is 0 Å². The Hall–Kier alpha value is -2.16. The lowest BCUT2D eigenvalue weighted by Gasteiger charge is -2.23. The van der Waals surface area contributed by atoms with Gasteiger partial charge in [-0.1, -0.05) is 6.07 Å². The lowest BCUT2D eigenvalue weighted by Crippen LogP contribution is -2.34. The molecule has 1 aliphatic carbocycles. The summed E-state index contributed by atoms with van der Waals surface area (Å²) in [6, 6.07) is 4.22. The Kier molecular flexibility index (Phi) is 5.76. The third kappa shape index (κ3) is 4.24. The van der Waals surface area contributed by atoms with Gasteiger partial charge in [-0.2, -0.15) is 0 Å². The van der Waals surface area contributed by atoms with Crippen molar-refractivity contribution in [2.75, 3.05) is 20.6 Å². The first-order chi connectivity index (χ1) is 13.9. The summed E-state index contributed by atoms with van der Waals surface area (Å²) in [7, 11) is 3.97. The number of thiophene rings is 1. The molecule has 4 rings (SSSR count). The molecule has 2 heterocycles. The van der Waals surface area contributed by atoms with Gasteiger partial charge >= 0.3 is 0 Å². The van der Waals surface area contributed by atoms with Crippen LogP contribution >= 0.6 is 11.3 Å². The van der Waals surface area contributed by atoms with Crippen LogP contribution in [0.25, 0.3) is 10.2 Å². The van der Waals surface area contributed by atoms with Crippen molar-refractivity contribution >= 4 is 21.6 Å². The highest BCUT2D eigenvalue weighted by molar-refractivity contribution is 7.18. The molecule has 8 heteroatoms. The van der Waals surface area contributed by atoms with E-state index in [9.17, 15) is 13.6 Å². The number of aryl methyl sites for hydroxylation is 1. The van der Waals surface area contributed by atoms with E-state index in [0.29, 0.717) is 13.1 Å². The molecule has 0 aliphatic heterocycles. The van der Waals surface area contributed by atoms with Gasteiger partial charge in [0.1, 0.15) is 4.83 Å². The summed E-state index contributed by atoms with van der Waals surface area (Å²) in [5.41, 5.74) is 1.90. The summed E-state index contributed by atoms with van der Waals surface area (Å²) in [6.45, 7) is 1.89. The Labute approximate surface area is 172 Å². The molecule has 1 N–H and O–H groups in total. The van der Waals surface area contributed by atoms with Crippen LogP contribution in [0, 0.1) is 11.6 Å². The number of benzene rings is 1. The number of hydrogen-bond acceptors (Lipinski definition) is 5. The minimum absolute atomic E-state index is 0.0440. The standard InChI is InChI=1S/C21H24F2N4OS/c1-26(2)7-8-27-12-25-20-19(21(27)28)15-5-4-14(10-18(15)29-20)24-11-13-3-6-16(22)17(23)9-13/h3,6,9,12,14,24H,4-5,7-8,10-11H2,1-2H3/t14-/m1/s1. The van der Waals surface area contributed by atoms with Crippen LogP contribution < -0.4 is 10.9 Å². The van der Waals surface area contributed by atoms with Crippen LogP contribution in [0.2, 0.25) is 0 Å². The third-order valence-electron chi connectivity index (χ3n) is 5.40. The molecule has 0 unspecified atom stereocenters. The number of rotatable bonds is 6. The minimum Gasteiger partial charge on any atom is -0.310 e. The Morgan fingerprint density at radius 1 is 1.31 bits per heavy atom. The normalized spacial score (nSPS) is 16.5. The second kappa shape index (κ2) is 8.30. The van der Waals surface area contributed by atoms with E-state index in [2.05, 4.69) is 10.3 Å². The average Bonchev–Trinajstić information content (AvgIpc) is 3.06. The van der Waals surface area contributed by atoms with E-state index in [1.165, 1.54) is 10.9 Å². The molecule has 29 heavy (non-hydrogen) atoms. The first kappa shape index (κ1) is 20.1. The number of nitrogens with zero attached hydrogens (tertiary/aromatic N) is 3. The van der Waals surface area contributed by atoms with Crippen molar-refractivity contribution in [1.82, 2.24) is 19.8 Å². The van der Waals surface area contributed by atoms with Crippen LogP contribution in [0.4, 0.5) is 8.78 Å². The maximum absolute atomic E-state index is 13.4. The van der Waals surface area contributed by atoms with E-state index in [0.717, 1.165) is 53.2 Å². The first-order valence-electron chi connectivity index (χ1n) is 9.74. The quantitative estimate of drug-likeness (QED) is 0.669. The minimum atomic E-state index is -0.829. The number of aromatic nitrogens is 2. The van der Waals surface area contributed by atoms with E-state index in [1.54, 1.807) is 28.3 Å². The zero-order valence-corrected chi connectivity index (χ0v) is 17.4. The van der Waals surface area contributed by atoms with Crippen molar-refractivity contribution in [3.05, 3.63) is 62.5 Å². The van der Waals surface area contributed by atoms with Gasteiger partial charge in [0.25, 0.3) is 5.56 Å². The van der Waals surface area contributed by atoms with Gasteiger partial charge in [0, 0.05) is 30.6 Å². The molecule has 0 bridgehead atoms. The van der Waals surface area contributed by atoms with E-state index in [1.807, 2.05) is 19.0 Å². The Morgan fingerprint density at radius 2 is 2.14 bits per heavy atom. The van der Waals surface area contributed by atoms with Gasteiger partial charge in [-0.05, 0) is 56.6 Å². The number of likely N-dealkylation sites (N-methyl/N-ethyl adjacent to an activating group) is 1. The molecule has 2 aromatic heterocycles. The van der Waals surface area contributed by atoms with Gasteiger partial charge in [-0.25, -0.2) is 13.8 Å². The van der Waals surface area contributed by atoms with Crippen molar-refractivity contribution in [1.29, 1.82) is 0 Å². The largest absolute Gasteiger partial charge is 0.310 e. The lowest BCUT2D eigenvalue weighted by atomic mass is 9.93. The first-order valence-corrected chi connectivity index (χ1v) is 10.6. The summed E-state index contributed by atoms with van der Waals surface area (Å²) < 4.78 is 28.2. The summed E-state index contributed by atoms with van der Waals surface area (Å²) in [5, 5.41) is 4.21. The zero-order valence-electron chi connectivity index (χ0n) is 16.5. The van der Waals surface area contributed by atoms with Crippen LogP contribution in [-0.4, -0.2) is 41.1 Å². The zero-order chi connectivity index (χ0) is 20.5. The molecule has 0 amide bonds. The Bertz CT molecular complexity index is 1090. The molecule has 0 spiro atoms. The predicted octanol–water partition coefficient (Wildman–Crippen LogP) is 2.94. The van der Waals surface area contributed by atoms with Gasteiger partial charge < -0.3 is 10.2 Å². The summed E-state index contributed by atoms with van der Waals surface area (Å²) in [4.78, 5) is 21.5. The molecule has 5 nitrogen and oxygen atoms in total. The topological polar surface area (TPSA) is 50.2 Å². The van der Waals surface area contributed by atoms with Crippen LogP contribution in [0.5, 0.6) is 0 Å². The predicted molar refractivity (Wildman–Crippen MR) is 111 cm³/mol. The van der Waals surface area contributed by atoms with E-state index in [4.69, 9.17) is 0 Å². The van der Waals surface area contributed by atoms with Gasteiger partial charge in [0.2, 0.25) is 0 Å². The molecule has 1 aliphatic rings. The van der Waals surface area contributed by atoms with Crippen molar-refractivity contribution in [2.24, 2.45) is 0 Å². The van der Waals surface area contributed by atoms with E-state index in [-0.39, 0.29) is 11.6 Å². The molecule has 0 saturated carbocycles. The summed E-state index contributed by atoms with van der Waals surface area (Å²) in [5.74, 6) is -1.65. The van der Waals surface area contributed by atoms with Crippen LogP contribution in [0.15, 0.2) is 29.3 Å². The smallest absolute Gasteiger partial charge is 0.262 e. The molecule has 3 aromatic rings. The lowest BCUT2D eigenvalue weighted by molar-refractivity contribution is 0.380. The SMILES string of the molecule is CN(C)CCn1cnc2sc3c(c2c1=O)CC[C@@H](NCc1ccc(F)c(F)c1)C3. The molecule has 0 radical (unpaired) electrons. The number of hydrogen-bond donors (Lipinski definition) is 1. The van der Waals surface area contributed by atoms with Gasteiger partial charge in [-0.15, -0.1) is 11.3 Å². The highest BCUT2D eigenvalue weighted by Crippen LogP contribution is 2.33. The van der Waals surface area contributed by atoms with Crippen LogP contribution in [-0.2, 0) is 25.9 Å². The highest BCUT2D eigenvalue weighted by Gasteiger charge is 2.25. The van der Waals surface area contributed by atoms with E-state index < -0.39 is 11.6 Å². The van der Waals surface area contributed by atoms with Gasteiger partial charge in [0.15, 0.2) is 11.6 Å². The fraction of sp³-hybridized carbons (Fsp3) is 0.429. The second-order valence-corrected chi connectivity index (χ2v) is 8.88. The number of halogens is 2. The number of nitrogens with one attached hydrogen (secondary N) is 1. The maximum Gasteiger partial charge on any atom is 0.262 e. The number of fused-ring (bicyclic) bond motifs is 3. The molecular formula is C21H24F2N4OS. The fourth-order valence-electron chi connectivity index (χ4n) is 3.75. The molecule has 1 aromatic carbocycles. The van der Waals surface area contributed by atoms with Crippen LogP contribution in [0.3, 0.4) is 0 Å².